The summed E-state index contributed by atoms with van der Waals surface area (Å²) in [6.45, 7) is 6.64. The van der Waals surface area contributed by atoms with E-state index in [0.717, 1.165) is 6.54 Å². The summed E-state index contributed by atoms with van der Waals surface area (Å²) in [4.78, 5) is 15.6. The van der Waals surface area contributed by atoms with Crippen LogP contribution >= 0.6 is 0 Å². The molecular weight excluding hydrogens is 326 g/mol. The number of hydrogen-bond acceptors (Lipinski definition) is 4. The Morgan fingerprint density at radius 3 is 2.29 bits per heavy atom. The number of amides is 1. The van der Waals surface area contributed by atoms with Gasteiger partial charge in [0, 0.05) is 32.2 Å². The third kappa shape index (κ3) is 5.29. The molecule has 1 atom stereocenters. The van der Waals surface area contributed by atoms with Gasteiger partial charge in [-0.15, -0.1) is 0 Å². The van der Waals surface area contributed by atoms with Gasteiger partial charge in [-0.25, -0.2) is 13.1 Å². The van der Waals surface area contributed by atoms with E-state index in [9.17, 15) is 13.2 Å². The maximum absolute atomic E-state index is 12.7. The van der Waals surface area contributed by atoms with Gasteiger partial charge in [0.05, 0.1) is 4.90 Å². The molecule has 0 spiro atoms. The fourth-order valence-corrected chi connectivity index (χ4v) is 3.93. The minimum absolute atomic E-state index is 0.0997. The number of benzene rings is 1. The summed E-state index contributed by atoms with van der Waals surface area (Å²) in [5.74, 6) is -0.229. The van der Waals surface area contributed by atoms with Gasteiger partial charge < -0.3 is 9.80 Å². The predicted molar refractivity (Wildman–Crippen MR) is 96.6 cm³/mol. The van der Waals surface area contributed by atoms with E-state index in [-0.39, 0.29) is 22.3 Å². The highest BCUT2D eigenvalue weighted by atomic mass is 32.2. The fourth-order valence-electron chi connectivity index (χ4n) is 2.47. The first-order chi connectivity index (χ1) is 10.9. The van der Waals surface area contributed by atoms with Crippen molar-refractivity contribution in [2.75, 3.05) is 34.7 Å². The van der Waals surface area contributed by atoms with Crippen LogP contribution in [0, 0.1) is 5.41 Å². The minimum atomic E-state index is -3.70. The number of carbonyl (C=O) groups excluding carboxylic acids is 1. The minimum Gasteiger partial charge on any atom is -0.345 e. The lowest BCUT2D eigenvalue weighted by Gasteiger charge is -2.34. The average molecular weight is 356 g/mol. The number of rotatable bonds is 7. The molecule has 0 aliphatic carbocycles. The maximum Gasteiger partial charge on any atom is 0.253 e. The molecule has 1 amide bonds. The molecule has 0 aliphatic rings. The van der Waals surface area contributed by atoms with Crippen LogP contribution in [0.1, 0.15) is 31.1 Å². The molecule has 0 aromatic heterocycles. The Morgan fingerprint density at radius 1 is 1.21 bits per heavy atom. The predicted octanol–water partition coefficient (Wildman–Crippen LogP) is 1.64. The van der Waals surface area contributed by atoms with Crippen LogP contribution in [-0.4, -0.2) is 64.9 Å². The number of sulfonamides is 1. The van der Waals surface area contributed by atoms with E-state index < -0.39 is 10.0 Å². The number of carbonyl (C=O) groups is 1. The van der Waals surface area contributed by atoms with Crippen LogP contribution in [0.3, 0.4) is 0 Å². The molecule has 0 saturated heterocycles. The van der Waals surface area contributed by atoms with Gasteiger partial charge in [0.1, 0.15) is 0 Å². The van der Waals surface area contributed by atoms with Gasteiger partial charge >= 0.3 is 0 Å². The monoisotopic (exact) mass is 355 g/mol. The third-order valence-corrected chi connectivity index (χ3v) is 5.56. The van der Waals surface area contributed by atoms with Gasteiger partial charge in [-0.1, -0.05) is 19.9 Å². The highest BCUT2D eigenvalue weighted by molar-refractivity contribution is 7.89. The Hall–Kier alpha value is -1.44. The zero-order valence-corrected chi connectivity index (χ0v) is 16.4. The van der Waals surface area contributed by atoms with Crippen LogP contribution in [0.4, 0.5) is 0 Å². The first kappa shape index (κ1) is 20.6. The average Bonchev–Trinajstić information content (AvgIpc) is 2.44. The normalized spacial score (nSPS) is 13.8. The van der Waals surface area contributed by atoms with E-state index in [2.05, 4.69) is 4.72 Å². The van der Waals surface area contributed by atoms with E-state index in [0.29, 0.717) is 5.56 Å². The standard InChI is InChI=1S/C17H29N3O3S/c1-13(17(2,3)12-19(4)5)18-24(22,23)15-10-8-9-14(11-15)16(21)20(6)7/h8-11,13,18H,12H2,1-7H3/t13-/m1/s1. The highest BCUT2D eigenvalue weighted by Gasteiger charge is 2.30. The molecule has 1 N–H and O–H groups in total. The molecule has 0 radical (unpaired) electrons. The largest absolute Gasteiger partial charge is 0.345 e. The molecule has 136 valence electrons. The topological polar surface area (TPSA) is 69.7 Å². The molecule has 0 unspecified atom stereocenters. The zero-order chi connectivity index (χ0) is 18.7. The third-order valence-electron chi connectivity index (χ3n) is 4.03. The van der Waals surface area contributed by atoms with Crippen LogP contribution < -0.4 is 4.72 Å². The molecule has 0 saturated carbocycles. The molecule has 0 fully saturated rings. The van der Waals surface area contributed by atoms with Crippen molar-refractivity contribution in [1.82, 2.24) is 14.5 Å². The molecule has 1 aromatic carbocycles. The van der Waals surface area contributed by atoms with Crippen LogP contribution in [0.15, 0.2) is 29.2 Å². The summed E-state index contributed by atoms with van der Waals surface area (Å²) in [6.07, 6.45) is 0. The molecule has 1 rings (SSSR count). The van der Waals surface area contributed by atoms with Crippen molar-refractivity contribution in [2.45, 2.75) is 31.7 Å². The number of nitrogens with one attached hydrogen (secondary N) is 1. The van der Waals surface area contributed by atoms with Crippen molar-refractivity contribution in [3.63, 3.8) is 0 Å². The van der Waals surface area contributed by atoms with Crippen molar-refractivity contribution in [2.24, 2.45) is 5.41 Å². The van der Waals surface area contributed by atoms with Gasteiger partial charge in [-0.3, -0.25) is 4.79 Å². The van der Waals surface area contributed by atoms with Gasteiger partial charge in [-0.2, -0.15) is 0 Å². The molecule has 0 heterocycles. The van der Waals surface area contributed by atoms with Crippen molar-refractivity contribution in [1.29, 1.82) is 0 Å². The molecule has 1 aromatic rings. The van der Waals surface area contributed by atoms with E-state index >= 15 is 0 Å². The summed E-state index contributed by atoms with van der Waals surface area (Å²) in [7, 11) is 3.48. The molecule has 0 bridgehead atoms. The molecule has 0 aliphatic heterocycles. The first-order valence-electron chi connectivity index (χ1n) is 7.85. The number of nitrogens with zero attached hydrogens (tertiary/aromatic N) is 2. The van der Waals surface area contributed by atoms with E-state index in [1.807, 2.05) is 39.8 Å². The lowest BCUT2D eigenvalue weighted by Crippen LogP contribution is -2.47. The Labute approximate surface area is 145 Å². The zero-order valence-electron chi connectivity index (χ0n) is 15.6. The molecule has 24 heavy (non-hydrogen) atoms. The second-order valence-electron chi connectivity index (χ2n) is 7.30. The Kier molecular flexibility index (Phi) is 6.55. The number of hydrogen-bond donors (Lipinski definition) is 1. The summed E-state index contributed by atoms with van der Waals surface area (Å²) in [5, 5.41) is 0. The molecule has 7 heteroatoms. The molecular formula is C17H29N3O3S. The second-order valence-corrected chi connectivity index (χ2v) is 9.01. The second kappa shape index (κ2) is 7.63. The quantitative estimate of drug-likeness (QED) is 0.807. The van der Waals surface area contributed by atoms with Crippen LogP contribution in [0.5, 0.6) is 0 Å². The summed E-state index contributed by atoms with van der Waals surface area (Å²) < 4.78 is 28.1. The van der Waals surface area contributed by atoms with Crippen LogP contribution in [0.2, 0.25) is 0 Å². The van der Waals surface area contributed by atoms with E-state index in [4.69, 9.17) is 0 Å². The van der Waals surface area contributed by atoms with Crippen LogP contribution in [0.25, 0.3) is 0 Å². The van der Waals surface area contributed by atoms with Gasteiger partial charge in [-0.05, 0) is 44.6 Å². The van der Waals surface area contributed by atoms with Gasteiger partial charge in [0.15, 0.2) is 0 Å². The lowest BCUT2D eigenvalue weighted by atomic mass is 9.85. The lowest BCUT2D eigenvalue weighted by molar-refractivity contribution is 0.0827. The van der Waals surface area contributed by atoms with Crippen molar-refractivity contribution < 1.29 is 13.2 Å². The maximum atomic E-state index is 12.7. The van der Waals surface area contributed by atoms with Crippen LogP contribution in [-0.2, 0) is 10.0 Å². The SMILES string of the molecule is C[C@@H](NS(=O)(=O)c1cccc(C(=O)N(C)C)c1)C(C)(C)CN(C)C. The first-order valence-corrected chi connectivity index (χ1v) is 9.34. The van der Waals surface area contributed by atoms with Crippen molar-refractivity contribution in [3.05, 3.63) is 29.8 Å². The Balaban J connectivity index is 3.05. The summed E-state index contributed by atoms with van der Waals surface area (Å²) in [5.41, 5.74) is 0.108. The van der Waals surface area contributed by atoms with Crippen molar-refractivity contribution >= 4 is 15.9 Å². The Morgan fingerprint density at radius 2 is 1.79 bits per heavy atom. The van der Waals surface area contributed by atoms with E-state index in [1.54, 1.807) is 26.2 Å². The van der Waals surface area contributed by atoms with Crippen molar-refractivity contribution in [3.8, 4) is 0 Å². The van der Waals surface area contributed by atoms with Gasteiger partial charge in [0.25, 0.3) is 5.91 Å². The summed E-state index contributed by atoms with van der Waals surface area (Å²) in [6, 6.07) is 5.84. The molecule has 6 nitrogen and oxygen atoms in total. The smallest absolute Gasteiger partial charge is 0.253 e. The summed E-state index contributed by atoms with van der Waals surface area (Å²) >= 11 is 0. The van der Waals surface area contributed by atoms with E-state index in [1.165, 1.54) is 17.0 Å². The highest BCUT2D eigenvalue weighted by Crippen LogP contribution is 2.23. The fraction of sp³-hybridized carbons (Fsp3) is 0.588. The Bertz CT molecular complexity index is 682. The van der Waals surface area contributed by atoms with Gasteiger partial charge in [0.2, 0.25) is 10.0 Å².